The Morgan fingerprint density at radius 1 is 1.04 bits per heavy atom. The Morgan fingerprint density at radius 3 is 2.35 bits per heavy atom. The molecule has 272 valence electrons. The van der Waals surface area contributed by atoms with Crippen LogP contribution in [-0.4, -0.2) is 7.05 Å². The average molecular weight is 666 g/mol. The van der Waals surface area contributed by atoms with E-state index in [1.54, 1.807) is 11.1 Å². The Hall–Kier alpha value is -2.28. The molecule has 0 spiro atoms. The summed E-state index contributed by atoms with van der Waals surface area (Å²) in [7, 11) is 2.04. The van der Waals surface area contributed by atoms with Crippen molar-refractivity contribution in [1.82, 2.24) is 0 Å². The summed E-state index contributed by atoms with van der Waals surface area (Å²) >= 11 is 0. The third kappa shape index (κ3) is 6.41. The van der Waals surface area contributed by atoms with Gasteiger partial charge in [-0.3, -0.25) is 0 Å². The first-order chi connectivity index (χ1) is 22.7. The zero-order valence-electron chi connectivity index (χ0n) is 32.9. The molecule has 1 aromatic carbocycles. The van der Waals surface area contributed by atoms with Crippen molar-refractivity contribution in [2.45, 2.75) is 147 Å². The Labute approximate surface area is 304 Å². The van der Waals surface area contributed by atoms with Crippen molar-refractivity contribution in [3.63, 3.8) is 0 Å². The van der Waals surface area contributed by atoms with Crippen molar-refractivity contribution in [2.24, 2.45) is 51.8 Å². The summed E-state index contributed by atoms with van der Waals surface area (Å²) in [5.74, 6) is 5.03. The lowest BCUT2D eigenvalue weighted by atomic mass is 9.44. The van der Waals surface area contributed by atoms with Crippen LogP contribution in [0.1, 0.15) is 147 Å². The monoisotopic (exact) mass is 666 g/mol. The first-order valence-corrected chi connectivity index (χ1v) is 19.9. The van der Waals surface area contributed by atoms with Crippen molar-refractivity contribution >= 4 is 11.8 Å². The van der Waals surface area contributed by atoms with Gasteiger partial charge in [-0.1, -0.05) is 123 Å². The van der Waals surface area contributed by atoms with Crippen LogP contribution in [0.2, 0.25) is 0 Å². The number of rotatable bonds is 9. The van der Waals surface area contributed by atoms with Crippen LogP contribution < -0.4 is 5.32 Å². The molecule has 1 aromatic rings. The summed E-state index contributed by atoms with van der Waals surface area (Å²) in [5.41, 5.74) is 13.6. The number of nitrogens with one attached hydrogen (secondary N) is 1. The van der Waals surface area contributed by atoms with E-state index in [1.165, 1.54) is 103 Å². The maximum Gasteiger partial charge on any atom is 0.0446 e. The van der Waals surface area contributed by atoms with Crippen LogP contribution in [0.25, 0.3) is 6.08 Å². The Balaban J connectivity index is 0.000000841. The lowest BCUT2D eigenvalue weighted by Gasteiger charge is -2.60. The molecule has 0 saturated heterocycles. The van der Waals surface area contributed by atoms with Crippen molar-refractivity contribution < 1.29 is 0 Å². The minimum Gasteiger partial charge on any atom is -0.387 e. The second-order valence-electron chi connectivity index (χ2n) is 17.7. The topological polar surface area (TPSA) is 12.0 Å². The van der Waals surface area contributed by atoms with Crippen LogP contribution >= 0.6 is 0 Å². The van der Waals surface area contributed by atoms with E-state index in [-0.39, 0.29) is 12.8 Å². The molecule has 0 bridgehead atoms. The molecule has 1 heteroatoms. The summed E-state index contributed by atoms with van der Waals surface area (Å²) in [6.45, 7) is 34.9. The number of allylic oxidation sites excluding steroid dienone is 6. The fourth-order valence-electron chi connectivity index (χ4n) is 12.4. The van der Waals surface area contributed by atoms with Gasteiger partial charge < -0.3 is 5.32 Å². The standard InChI is InChI=1S/C42H59N.C5H12.CH4/c1-11-13-31-23-33-24-38-36-17-15-32-22-26(3)18-20-40(32,8)37(36)19-21-41(38,9)42(33,25-31)27(4)14-16-35-28(5)29(6)39(43-10)34(12-2)30(35)7;1-4-5(2)3;/h12,18,20,22,31,33,36-38,43H,2-4,11,13-17,19,21,23-25H2,1,5-10H3;5H,4H2,1-3H3;1H4. The fourth-order valence-corrected chi connectivity index (χ4v) is 12.4. The number of hydrogen-bond donors (Lipinski definition) is 1. The minimum absolute atomic E-state index is 0. The van der Waals surface area contributed by atoms with E-state index in [0.29, 0.717) is 10.8 Å². The molecule has 1 nitrogen and oxygen atoms in total. The predicted molar refractivity (Wildman–Crippen MR) is 219 cm³/mol. The third-order valence-corrected chi connectivity index (χ3v) is 15.3. The second-order valence-corrected chi connectivity index (χ2v) is 17.7. The molecule has 4 fully saturated rings. The van der Waals surface area contributed by atoms with Gasteiger partial charge in [0.25, 0.3) is 0 Å². The maximum absolute atomic E-state index is 5.10. The summed E-state index contributed by atoms with van der Waals surface area (Å²) in [5, 5.41) is 3.46. The molecule has 0 aromatic heterocycles. The zero-order valence-corrected chi connectivity index (χ0v) is 32.9. The highest BCUT2D eigenvalue weighted by molar-refractivity contribution is 5.75. The first-order valence-electron chi connectivity index (χ1n) is 19.9. The average Bonchev–Trinajstić information content (AvgIpc) is 3.55. The number of fused-ring (bicyclic) bond motifs is 7. The van der Waals surface area contributed by atoms with Gasteiger partial charge in [-0.05, 0) is 153 Å². The number of hydrogen-bond acceptors (Lipinski definition) is 1. The van der Waals surface area contributed by atoms with E-state index in [2.05, 4.69) is 105 Å². The third-order valence-electron chi connectivity index (χ3n) is 15.3. The molecule has 0 radical (unpaired) electrons. The van der Waals surface area contributed by atoms with Gasteiger partial charge in [-0.2, -0.15) is 0 Å². The SMILES string of the molecule is C.C=Cc1c(C)c(CCC(=C)C23CC(CCC)CC2CC2C4CCC5=CC(=C)C=CC5(C)C4CCC23C)c(C)c(C)c1NC.CCC(C)C. The van der Waals surface area contributed by atoms with Crippen LogP contribution in [0.5, 0.6) is 0 Å². The zero-order chi connectivity index (χ0) is 35.2. The lowest BCUT2D eigenvalue weighted by Crippen LogP contribution is -2.52. The quantitative estimate of drug-likeness (QED) is 0.259. The van der Waals surface area contributed by atoms with Crippen molar-refractivity contribution in [3.8, 4) is 0 Å². The van der Waals surface area contributed by atoms with E-state index < -0.39 is 0 Å². The molecule has 8 unspecified atom stereocenters. The van der Waals surface area contributed by atoms with E-state index in [4.69, 9.17) is 6.58 Å². The van der Waals surface area contributed by atoms with Crippen LogP contribution in [-0.2, 0) is 6.42 Å². The predicted octanol–water partition coefficient (Wildman–Crippen LogP) is 14.2. The van der Waals surface area contributed by atoms with Gasteiger partial charge >= 0.3 is 0 Å². The molecule has 8 atom stereocenters. The molecule has 0 amide bonds. The van der Waals surface area contributed by atoms with Crippen LogP contribution in [0.3, 0.4) is 0 Å². The minimum atomic E-state index is 0. The fraction of sp³-hybridized carbons (Fsp3) is 0.667. The molecule has 1 N–H and O–H groups in total. The van der Waals surface area contributed by atoms with Crippen molar-refractivity contribution in [2.75, 3.05) is 12.4 Å². The molecule has 49 heavy (non-hydrogen) atoms. The normalized spacial score (nSPS) is 34.1. The molecule has 0 aliphatic heterocycles. The van der Waals surface area contributed by atoms with Gasteiger partial charge in [0.1, 0.15) is 0 Å². The van der Waals surface area contributed by atoms with Gasteiger partial charge in [0.15, 0.2) is 0 Å². The van der Waals surface area contributed by atoms with Gasteiger partial charge in [0, 0.05) is 23.7 Å². The van der Waals surface area contributed by atoms with Gasteiger partial charge in [-0.15, -0.1) is 0 Å². The van der Waals surface area contributed by atoms with E-state index >= 15 is 0 Å². The first kappa shape index (κ1) is 39.5. The van der Waals surface area contributed by atoms with Crippen LogP contribution in [0.15, 0.2) is 54.7 Å². The molecular weight excluding hydrogens is 591 g/mol. The van der Waals surface area contributed by atoms with E-state index in [0.717, 1.165) is 48.3 Å². The molecule has 4 saturated carbocycles. The number of benzene rings is 1. The van der Waals surface area contributed by atoms with Crippen LogP contribution in [0.4, 0.5) is 5.69 Å². The summed E-state index contributed by atoms with van der Waals surface area (Å²) < 4.78 is 0. The lowest BCUT2D eigenvalue weighted by molar-refractivity contribution is -0.0608. The van der Waals surface area contributed by atoms with Gasteiger partial charge in [0.05, 0.1) is 0 Å². The molecule has 5 aliphatic rings. The summed E-state index contributed by atoms with van der Waals surface area (Å²) in [4.78, 5) is 0. The smallest absolute Gasteiger partial charge is 0.0446 e. The maximum atomic E-state index is 5.10. The number of anilines is 1. The van der Waals surface area contributed by atoms with Gasteiger partial charge in [-0.25, -0.2) is 0 Å². The Bertz CT molecular complexity index is 1470. The summed E-state index contributed by atoms with van der Waals surface area (Å²) in [6, 6.07) is 0. The molecule has 0 heterocycles. The van der Waals surface area contributed by atoms with Crippen molar-refractivity contribution in [3.05, 3.63) is 82.5 Å². The van der Waals surface area contributed by atoms with Crippen molar-refractivity contribution in [1.29, 1.82) is 0 Å². The summed E-state index contributed by atoms with van der Waals surface area (Å²) in [6.07, 6.45) is 25.2. The largest absolute Gasteiger partial charge is 0.387 e. The Kier molecular flexibility index (Phi) is 12.2. The second kappa shape index (κ2) is 15.1. The highest BCUT2D eigenvalue weighted by Crippen LogP contribution is 2.77. The van der Waals surface area contributed by atoms with Crippen LogP contribution in [0, 0.1) is 72.5 Å². The van der Waals surface area contributed by atoms with E-state index in [1.807, 2.05) is 7.05 Å². The van der Waals surface area contributed by atoms with Gasteiger partial charge in [0.2, 0.25) is 0 Å². The molecular formula is C48H75N. The molecule has 5 aliphatic carbocycles. The molecule has 6 rings (SSSR count). The Morgan fingerprint density at radius 2 is 1.73 bits per heavy atom. The van der Waals surface area contributed by atoms with E-state index in [9.17, 15) is 0 Å². The highest BCUT2D eigenvalue weighted by Gasteiger charge is 2.69. The highest BCUT2D eigenvalue weighted by atomic mass is 14.8.